The van der Waals surface area contributed by atoms with Gasteiger partial charge in [-0.15, -0.1) is 0 Å². The quantitative estimate of drug-likeness (QED) is 0.626. The van der Waals surface area contributed by atoms with E-state index in [0.29, 0.717) is 6.42 Å². The Balaban J connectivity index is 2.72. The number of carbonyl (C=O) groups excluding carboxylic acids is 1. The Labute approximate surface area is 65.4 Å². The van der Waals surface area contributed by atoms with E-state index in [1.807, 2.05) is 0 Å². The number of alkyl halides is 1. The Hall–Kier alpha value is -0.440. The van der Waals surface area contributed by atoms with Gasteiger partial charge in [-0.2, -0.15) is 0 Å². The molecule has 0 spiro atoms. The van der Waals surface area contributed by atoms with E-state index in [1.165, 1.54) is 6.92 Å². The largest absolute Gasteiger partial charge is 0.379 e. The topological polar surface area (TPSA) is 37.3 Å². The zero-order chi connectivity index (χ0) is 8.48. The second-order valence-corrected chi connectivity index (χ2v) is 3.19. The average molecular weight is 160 g/mol. The smallest absolute Gasteiger partial charge is 0.164 e. The first-order valence-corrected chi connectivity index (χ1v) is 3.95. The molecule has 64 valence electrons. The highest BCUT2D eigenvalue weighted by atomic mass is 19.1. The highest BCUT2D eigenvalue weighted by Crippen LogP contribution is 2.31. The molecule has 1 saturated carbocycles. The SMILES string of the molecule is CC(=O)[C@]1(O)CCCC[C@@H]1F. The van der Waals surface area contributed by atoms with Crippen molar-refractivity contribution in [3.63, 3.8) is 0 Å². The maximum Gasteiger partial charge on any atom is 0.164 e. The first kappa shape index (κ1) is 8.65. The number of ketones is 1. The van der Waals surface area contributed by atoms with Crippen molar-refractivity contribution in [3.05, 3.63) is 0 Å². The van der Waals surface area contributed by atoms with Crippen LogP contribution in [0, 0.1) is 0 Å². The van der Waals surface area contributed by atoms with Crippen molar-refractivity contribution in [2.75, 3.05) is 0 Å². The first-order valence-electron chi connectivity index (χ1n) is 3.95. The second-order valence-electron chi connectivity index (χ2n) is 3.19. The Morgan fingerprint density at radius 3 is 2.64 bits per heavy atom. The van der Waals surface area contributed by atoms with Gasteiger partial charge in [0.15, 0.2) is 11.4 Å². The standard InChI is InChI=1S/C8H13FO2/c1-6(10)8(11)5-3-2-4-7(8)9/h7,11H,2-5H2,1H3/t7-,8+/m0/s1. The summed E-state index contributed by atoms with van der Waals surface area (Å²) in [5, 5.41) is 9.49. The molecule has 0 saturated heterocycles. The van der Waals surface area contributed by atoms with Crippen LogP contribution in [0.25, 0.3) is 0 Å². The van der Waals surface area contributed by atoms with E-state index in [-0.39, 0.29) is 6.42 Å². The van der Waals surface area contributed by atoms with E-state index in [2.05, 4.69) is 0 Å². The van der Waals surface area contributed by atoms with E-state index in [0.717, 1.165) is 12.8 Å². The van der Waals surface area contributed by atoms with Crippen molar-refractivity contribution in [2.45, 2.75) is 44.4 Å². The van der Waals surface area contributed by atoms with Crippen molar-refractivity contribution < 1.29 is 14.3 Å². The fourth-order valence-electron chi connectivity index (χ4n) is 1.51. The monoisotopic (exact) mass is 160 g/mol. The van der Waals surface area contributed by atoms with Crippen LogP contribution in [0.4, 0.5) is 4.39 Å². The molecule has 0 aliphatic heterocycles. The fourth-order valence-corrected chi connectivity index (χ4v) is 1.51. The van der Waals surface area contributed by atoms with Crippen LogP contribution in [0.15, 0.2) is 0 Å². The summed E-state index contributed by atoms with van der Waals surface area (Å²) in [6, 6.07) is 0. The third-order valence-corrected chi connectivity index (χ3v) is 2.39. The molecule has 1 aliphatic carbocycles. The van der Waals surface area contributed by atoms with Crippen LogP contribution in [0.2, 0.25) is 0 Å². The summed E-state index contributed by atoms with van der Waals surface area (Å²) in [4.78, 5) is 10.8. The van der Waals surface area contributed by atoms with Crippen molar-refractivity contribution >= 4 is 5.78 Å². The Morgan fingerprint density at radius 2 is 2.27 bits per heavy atom. The van der Waals surface area contributed by atoms with Crippen LogP contribution >= 0.6 is 0 Å². The van der Waals surface area contributed by atoms with Gasteiger partial charge in [0, 0.05) is 0 Å². The summed E-state index contributed by atoms with van der Waals surface area (Å²) in [6.45, 7) is 1.25. The minimum Gasteiger partial charge on any atom is -0.379 e. The summed E-state index contributed by atoms with van der Waals surface area (Å²) in [6.07, 6.45) is 0.765. The van der Waals surface area contributed by atoms with Crippen molar-refractivity contribution in [3.8, 4) is 0 Å². The maximum absolute atomic E-state index is 13.0. The number of aliphatic hydroxyl groups is 1. The van der Waals surface area contributed by atoms with E-state index >= 15 is 0 Å². The minimum absolute atomic E-state index is 0.281. The number of carbonyl (C=O) groups is 1. The van der Waals surface area contributed by atoms with Crippen LogP contribution in [-0.2, 0) is 4.79 Å². The Morgan fingerprint density at radius 1 is 1.64 bits per heavy atom. The van der Waals surface area contributed by atoms with E-state index < -0.39 is 17.6 Å². The highest BCUT2D eigenvalue weighted by Gasteiger charge is 2.43. The molecule has 0 aromatic heterocycles. The van der Waals surface area contributed by atoms with Crippen LogP contribution in [0.5, 0.6) is 0 Å². The maximum atomic E-state index is 13.0. The minimum atomic E-state index is -1.67. The van der Waals surface area contributed by atoms with Crippen LogP contribution in [0.3, 0.4) is 0 Å². The van der Waals surface area contributed by atoms with Gasteiger partial charge in [0.05, 0.1) is 0 Å². The number of halogens is 1. The molecule has 2 nitrogen and oxygen atoms in total. The summed E-state index contributed by atoms with van der Waals surface area (Å²) in [5.41, 5.74) is -1.67. The van der Waals surface area contributed by atoms with Crippen LogP contribution in [-0.4, -0.2) is 22.7 Å². The number of hydrogen-bond donors (Lipinski definition) is 1. The van der Waals surface area contributed by atoms with Crippen LogP contribution < -0.4 is 0 Å². The Kier molecular flexibility index (Phi) is 2.28. The predicted octanol–water partition coefficient (Wildman–Crippen LogP) is 1.22. The zero-order valence-electron chi connectivity index (χ0n) is 6.64. The molecule has 0 bridgehead atoms. The van der Waals surface area contributed by atoms with Gasteiger partial charge in [0.1, 0.15) is 6.17 Å². The van der Waals surface area contributed by atoms with Gasteiger partial charge in [0.25, 0.3) is 0 Å². The third-order valence-electron chi connectivity index (χ3n) is 2.39. The molecule has 2 atom stereocenters. The fraction of sp³-hybridized carbons (Fsp3) is 0.875. The molecule has 0 aromatic rings. The number of rotatable bonds is 1. The van der Waals surface area contributed by atoms with Gasteiger partial charge in [-0.3, -0.25) is 4.79 Å². The summed E-state index contributed by atoms with van der Waals surface area (Å²) < 4.78 is 13.0. The van der Waals surface area contributed by atoms with Gasteiger partial charge in [-0.05, 0) is 26.2 Å². The van der Waals surface area contributed by atoms with Crippen molar-refractivity contribution in [2.24, 2.45) is 0 Å². The molecule has 1 fully saturated rings. The molecule has 0 heterocycles. The van der Waals surface area contributed by atoms with E-state index in [9.17, 15) is 14.3 Å². The lowest BCUT2D eigenvalue weighted by atomic mass is 9.81. The van der Waals surface area contributed by atoms with Gasteiger partial charge in [0.2, 0.25) is 0 Å². The molecule has 1 aliphatic rings. The lowest BCUT2D eigenvalue weighted by Crippen LogP contribution is -2.48. The zero-order valence-corrected chi connectivity index (χ0v) is 6.64. The molecule has 0 unspecified atom stereocenters. The Bertz CT molecular complexity index is 169. The molecule has 1 N–H and O–H groups in total. The number of hydrogen-bond acceptors (Lipinski definition) is 2. The molecule has 11 heavy (non-hydrogen) atoms. The lowest BCUT2D eigenvalue weighted by molar-refractivity contribution is -0.146. The molecule has 0 radical (unpaired) electrons. The van der Waals surface area contributed by atoms with Gasteiger partial charge in [-0.1, -0.05) is 6.42 Å². The summed E-state index contributed by atoms with van der Waals surface area (Å²) in [5.74, 6) is -0.440. The first-order chi connectivity index (χ1) is 5.07. The molecule has 1 rings (SSSR count). The van der Waals surface area contributed by atoms with Gasteiger partial charge < -0.3 is 5.11 Å². The van der Waals surface area contributed by atoms with E-state index in [4.69, 9.17) is 0 Å². The van der Waals surface area contributed by atoms with Crippen molar-refractivity contribution in [1.82, 2.24) is 0 Å². The predicted molar refractivity (Wildman–Crippen MR) is 39.0 cm³/mol. The molecule has 0 amide bonds. The molecular weight excluding hydrogens is 147 g/mol. The summed E-state index contributed by atoms with van der Waals surface area (Å²) in [7, 11) is 0. The highest BCUT2D eigenvalue weighted by molar-refractivity contribution is 5.85. The molecule has 0 aromatic carbocycles. The van der Waals surface area contributed by atoms with E-state index in [1.54, 1.807) is 0 Å². The summed E-state index contributed by atoms with van der Waals surface area (Å²) >= 11 is 0. The van der Waals surface area contributed by atoms with Gasteiger partial charge >= 0.3 is 0 Å². The average Bonchev–Trinajstić information content (AvgIpc) is 1.95. The number of Topliss-reactive ketones (excluding diaryl/α,β-unsaturated/α-hetero) is 1. The molecule has 3 heteroatoms. The van der Waals surface area contributed by atoms with Crippen molar-refractivity contribution in [1.29, 1.82) is 0 Å². The third kappa shape index (κ3) is 1.43. The second kappa shape index (κ2) is 2.89. The van der Waals surface area contributed by atoms with Crippen LogP contribution in [0.1, 0.15) is 32.6 Å². The normalized spacial score (nSPS) is 38.6. The van der Waals surface area contributed by atoms with Gasteiger partial charge in [-0.25, -0.2) is 4.39 Å². The lowest BCUT2D eigenvalue weighted by Gasteiger charge is -2.32. The molecular formula is C8H13FO2.